The summed E-state index contributed by atoms with van der Waals surface area (Å²) < 4.78 is 4.78. The van der Waals surface area contributed by atoms with Crippen LogP contribution in [-0.2, 0) is 19.1 Å². The third kappa shape index (κ3) is 2.25. The van der Waals surface area contributed by atoms with Gasteiger partial charge in [-0.1, -0.05) is 13.8 Å². The minimum atomic E-state index is -1.24. The lowest BCUT2D eigenvalue weighted by molar-refractivity contribution is -0.158. The third-order valence-electron chi connectivity index (χ3n) is 3.69. The van der Waals surface area contributed by atoms with Gasteiger partial charge in [0, 0.05) is 13.5 Å². The van der Waals surface area contributed by atoms with Crippen molar-refractivity contribution in [3.63, 3.8) is 0 Å². The molecule has 0 radical (unpaired) electrons. The lowest BCUT2D eigenvalue weighted by Gasteiger charge is -2.28. The summed E-state index contributed by atoms with van der Waals surface area (Å²) in [6.07, 6.45) is 0.0526. The zero-order chi connectivity index (χ0) is 14.1. The molecule has 1 aliphatic heterocycles. The maximum atomic E-state index is 12.3. The highest BCUT2D eigenvalue weighted by molar-refractivity contribution is 6.08. The van der Waals surface area contributed by atoms with Crippen LogP contribution in [0, 0.1) is 11.3 Å². The summed E-state index contributed by atoms with van der Waals surface area (Å²) >= 11 is 0. The van der Waals surface area contributed by atoms with Gasteiger partial charge in [0.15, 0.2) is 6.04 Å². The van der Waals surface area contributed by atoms with Gasteiger partial charge in [-0.2, -0.15) is 0 Å². The monoisotopic (exact) mass is 257 g/mol. The predicted molar refractivity (Wildman–Crippen MR) is 62.7 cm³/mol. The molecule has 18 heavy (non-hydrogen) atoms. The number of rotatable bonds is 5. The van der Waals surface area contributed by atoms with Crippen LogP contribution in [0.4, 0.5) is 0 Å². The van der Waals surface area contributed by atoms with Gasteiger partial charge in [-0.25, -0.2) is 4.79 Å². The molecule has 0 bridgehead atoms. The maximum absolute atomic E-state index is 12.3. The van der Waals surface area contributed by atoms with Crippen LogP contribution in [-0.4, -0.2) is 47.5 Å². The second kappa shape index (κ2) is 5.06. The van der Waals surface area contributed by atoms with Crippen molar-refractivity contribution in [1.29, 1.82) is 0 Å². The molecule has 2 atom stereocenters. The standard InChI is InChI=1S/C12H19NO5/c1-7(2)12(3)5-9(14)13(11(12)17)8(6-18-4)10(15)16/h7-8H,5-6H2,1-4H3,(H,15,16). The summed E-state index contributed by atoms with van der Waals surface area (Å²) in [5, 5.41) is 9.08. The Kier molecular flexibility index (Phi) is 4.11. The Morgan fingerprint density at radius 3 is 2.39 bits per heavy atom. The molecule has 1 fully saturated rings. The number of likely N-dealkylation sites (tertiary alicyclic amines) is 1. The molecular weight excluding hydrogens is 238 g/mol. The Morgan fingerprint density at radius 1 is 1.50 bits per heavy atom. The average molecular weight is 257 g/mol. The highest BCUT2D eigenvalue weighted by atomic mass is 16.5. The van der Waals surface area contributed by atoms with E-state index in [4.69, 9.17) is 9.84 Å². The summed E-state index contributed by atoms with van der Waals surface area (Å²) in [7, 11) is 1.34. The van der Waals surface area contributed by atoms with E-state index < -0.39 is 29.2 Å². The number of carbonyl (C=O) groups is 3. The van der Waals surface area contributed by atoms with E-state index in [1.807, 2.05) is 13.8 Å². The summed E-state index contributed by atoms with van der Waals surface area (Å²) in [5.41, 5.74) is -0.821. The van der Waals surface area contributed by atoms with Gasteiger partial charge in [-0.3, -0.25) is 14.5 Å². The molecule has 2 unspecified atom stereocenters. The fourth-order valence-electron chi connectivity index (χ4n) is 2.04. The number of nitrogens with zero attached hydrogens (tertiary/aromatic N) is 1. The maximum Gasteiger partial charge on any atom is 0.329 e. The van der Waals surface area contributed by atoms with Crippen molar-refractivity contribution in [3.05, 3.63) is 0 Å². The summed E-state index contributed by atoms with van der Waals surface area (Å²) in [6.45, 7) is 5.20. The minimum Gasteiger partial charge on any atom is -0.480 e. The van der Waals surface area contributed by atoms with Crippen molar-refractivity contribution in [1.82, 2.24) is 4.90 Å². The summed E-state index contributed by atoms with van der Waals surface area (Å²) in [5.74, 6) is -2.13. The Hall–Kier alpha value is -1.43. The number of carboxylic acid groups (broad SMARTS) is 1. The number of carbonyl (C=O) groups excluding carboxylic acids is 2. The number of amides is 2. The smallest absolute Gasteiger partial charge is 0.329 e. The molecule has 1 aliphatic rings. The van der Waals surface area contributed by atoms with Crippen LogP contribution in [0.1, 0.15) is 27.2 Å². The van der Waals surface area contributed by atoms with Crippen LogP contribution in [0.3, 0.4) is 0 Å². The minimum absolute atomic E-state index is 0.0315. The van der Waals surface area contributed by atoms with Crippen LogP contribution in [0.5, 0.6) is 0 Å². The van der Waals surface area contributed by atoms with E-state index in [9.17, 15) is 14.4 Å². The quantitative estimate of drug-likeness (QED) is 0.725. The van der Waals surface area contributed by atoms with Crippen molar-refractivity contribution in [2.75, 3.05) is 13.7 Å². The van der Waals surface area contributed by atoms with Gasteiger partial charge >= 0.3 is 5.97 Å². The summed E-state index contributed by atoms with van der Waals surface area (Å²) in [4.78, 5) is 36.2. The molecule has 2 amide bonds. The van der Waals surface area contributed by atoms with Gasteiger partial charge in [0.2, 0.25) is 11.8 Å². The van der Waals surface area contributed by atoms with Crippen molar-refractivity contribution >= 4 is 17.8 Å². The van der Waals surface area contributed by atoms with Crippen LogP contribution >= 0.6 is 0 Å². The van der Waals surface area contributed by atoms with E-state index >= 15 is 0 Å². The van der Waals surface area contributed by atoms with E-state index in [0.717, 1.165) is 4.90 Å². The highest BCUT2D eigenvalue weighted by Gasteiger charge is 2.53. The SMILES string of the molecule is COCC(C(=O)O)N1C(=O)CC(C)(C(C)C)C1=O. The topological polar surface area (TPSA) is 83.9 Å². The lowest BCUT2D eigenvalue weighted by Crippen LogP contribution is -2.49. The van der Waals surface area contributed by atoms with Gasteiger partial charge in [-0.15, -0.1) is 0 Å². The predicted octanol–water partition coefficient (Wildman–Crippen LogP) is 0.507. The van der Waals surface area contributed by atoms with Gasteiger partial charge in [0.05, 0.1) is 12.0 Å². The van der Waals surface area contributed by atoms with E-state index in [1.54, 1.807) is 6.92 Å². The Balaban J connectivity index is 3.07. The molecule has 1 N–H and O–H groups in total. The number of imide groups is 1. The molecule has 0 aromatic rings. The molecule has 0 aromatic carbocycles. The normalized spacial score (nSPS) is 25.9. The molecule has 0 saturated carbocycles. The highest BCUT2D eigenvalue weighted by Crippen LogP contribution is 2.40. The first-order valence-electron chi connectivity index (χ1n) is 5.84. The van der Waals surface area contributed by atoms with Crippen molar-refractivity contribution in [2.45, 2.75) is 33.2 Å². The van der Waals surface area contributed by atoms with E-state index in [0.29, 0.717) is 0 Å². The molecular formula is C12H19NO5. The molecule has 0 spiro atoms. The van der Waals surface area contributed by atoms with E-state index in [-0.39, 0.29) is 18.9 Å². The van der Waals surface area contributed by atoms with Gasteiger partial charge in [0.1, 0.15) is 0 Å². The molecule has 0 aromatic heterocycles. The fourth-order valence-corrected chi connectivity index (χ4v) is 2.04. The zero-order valence-corrected chi connectivity index (χ0v) is 11.1. The second-order valence-corrected chi connectivity index (χ2v) is 5.13. The number of aliphatic carboxylic acids is 1. The van der Waals surface area contributed by atoms with Crippen molar-refractivity contribution in [3.8, 4) is 0 Å². The van der Waals surface area contributed by atoms with Gasteiger partial charge in [-0.05, 0) is 12.8 Å². The molecule has 1 saturated heterocycles. The first kappa shape index (κ1) is 14.6. The molecule has 1 heterocycles. The summed E-state index contributed by atoms with van der Waals surface area (Å²) in [6, 6.07) is -1.24. The van der Waals surface area contributed by atoms with E-state index in [1.165, 1.54) is 7.11 Å². The number of hydrogen-bond donors (Lipinski definition) is 1. The van der Waals surface area contributed by atoms with Crippen LogP contribution in [0.25, 0.3) is 0 Å². The fraction of sp³-hybridized carbons (Fsp3) is 0.750. The van der Waals surface area contributed by atoms with Gasteiger partial charge < -0.3 is 9.84 Å². The third-order valence-corrected chi connectivity index (χ3v) is 3.69. The molecule has 102 valence electrons. The number of ether oxygens (including phenoxy) is 1. The van der Waals surface area contributed by atoms with E-state index in [2.05, 4.69) is 0 Å². The van der Waals surface area contributed by atoms with Crippen LogP contribution < -0.4 is 0 Å². The van der Waals surface area contributed by atoms with Crippen molar-refractivity contribution in [2.24, 2.45) is 11.3 Å². The van der Waals surface area contributed by atoms with Gasteiger partial charge in [0.25, 0.3) is 0 Å². The molecule has 0 aliphatic carbocycles. The molecule has 6 heteroatoms. The van der Waals surface area contributed by atoms with Crippen LogP contribution in [0.2, 0.25) is 0 Å². The first-order chi connectivity index (χ1) is 8.25. The number of carboxylic acids is 1. The van der Waals surface area contributed by atoms with Crippen LogP contribution in [0.15, 0.2) is 0 Å². The number of hydrogen-bond acceptors (Lipinski definition) is 4. The van der Waals surface area contributed by atoms with Crippen molar-refractivity contribution < 1.29 is 24.2 Å². The lowest BCUT2D eigenvalue weighted by atomic mass is 9.78. The number of methoxy groups -OCH3 is 1. The Labute approximate surface area is 106 Å². The first-order valence-corrected chi connectivity index (χ1v) is 5.84. The average Bonchev–Trinajstić information content (AvgIpc) is 2.48. The molecule has 1 rings (SSSR count). The Bertz CT molecular complexity index is 379. The zero-order valence-electron chi connectivity index (χ0n) is 11.1. The second-order valence-electron chi connectivity index (χ2n) is 5.13. The molecule has 6 nitrogen and oxygen atoms in total. The largest absolute Gasteiger partial charge is 0.480 e. The Morgan fingerprint density at radius 2 is 2.06 bits per heavy atom.